The molecule has 1 N–H and O–H groups in total. The van der Waals surface area contributed by atoms with Crippen LogP contribution in [0, 0.1) is 11.7 Å². The first-order valence-electron chi connectivity index (χ1n) is 11.0. The molecular formula is C24H30FN3O2. The highest BCUT2D eigenvalue weighted by molar-refractivity contribution is 5.76. The Hall–Kier alpha value is -2.47. The summed E-state index contributed by atoms with van der Waals surface area (Å²) < 4.78 is 15.2. The molecule has 1 aromatic heterocycles. The summed E-state index contributed by atoms with van der Waals surface area (Å²) in [6, 6.07) is 10.3. The van der Waals surface area contributed by atoms with Gasteiger partial charge in [0, 0.05) is 43.9 Å². The fourth-order valence-electron chi connectivity index (χ4n) is 4.28. The van der Waals surface area contributed by atoms with Crippen LogP contribution < -0.4 is 10.9 Å². The van der Waals surface area contributed by atoms with Crippen LogP contribution in [0.5, 0.6) is 0 Å². The molecule has 0 radical (unpaired) electrons. The van der Waals surface area contributed by atoms with Crippen LogP contribution in [0.1, 0.15) is 49.7 Å². The van der Waals surface area contributed by atoms with Crippen molar-refractivity contribution < 1.29 is 9.18 Å². The lowest BCUT2D eigenvalue weighted by molar-refractivity contribution is -0.122. The summed E-state index contributed by atoms with van der Waals surface area (Å²) >= 11 is 0. The quantitative estimate of drug-likeness (QED) is 0.724. The molecule has 1 amide bonds. The summed E-state index contributed by atoms with van der Waals surface area (Å²) in [6.07, 6.45) is 7.86. The minimum atomic E-state index is -0.296. The van der Waals surface area contributed by atoms with E-state index in [9.17, 15) is 14.0 Å². The molecule has 30 heavy (non-hydrogen) atoms. The van der Waals surface area contributed by atoms with Gasteiger partial charge in [-0.15, -0.1) is 0 Å². The molecule has 1 saturated carbocycles. The third kappa shape index (κ3) is 5.57. The van der Waals surface area contributed by atoms with Gasteiger partial charge in [0.05, 0.1) is 0 Å². The van der Waals surface area contributed by atoms with Crippen molar-refractivity contribution in [2.24, 2.45) is 5.92 Å². The second-order valence-electron chi connectivity index (χ2n) is 8.67. The number of amides is 1. The average Bonchev–Trinajstić information content (AvgIpc) is 3.55. The summed E-state index contributed by atoms with van der Waals surface area (Å²) in [5, 5.41) is 2.91. The molecule has 4 rings (SSSR count). The van der Waals surface area contributed by atoms with Gasteiger partial charge in [-0.3, -0.25) is 14.5 Å². The second-order valence-corrected chi connectivity index (χ2v) is 8.67. The zero-order chi connectivity index (χ0) is 20.9. The molecule has 2 aliphatic rings. The van der Waals surface area contributed by atoms with Crippen LogP contribution in [0.2, 0.25) is 0 Å². The molecule has 2 heterocycles. The first-order chi connectivity index (χ1) is 14.6. The normalized spacial score (nSPS) is 19.6. The SMILES string of the molecule is O=C(CC1CCCCN1Cc1cccn(CC2CC2)c1=O)NCc1cccc(F)c1. The van der Waals surface area contributed by atoms with Crippen molar-refractivity contribution >= 4 is 5.91 Å². The van der Waals surface area contributed by atoms with Gasteiger partial charge in [-0.1, -0.05) is 24.6 Å². The largest absolute Gasteiger partial charge is 0.352 e. The zero-order valence-electron chi connectivity index (χ0n) is 17.4. The minimum Gasteiger partial charge on any atom is -0.352 e. The summed E-state index contributed by atoms with van der Waals surface area (Å²) in [6.45, 7) is 2.64. The van der Waals surface area contributed by atoms with E-state index in [1.165, 1.54) is 25.0 Å². The van der Waals surface area contributed by atoms with Gasteiger partial charge >= 0.3 is 0 Å². The van der Waals surface area contributed by atoms with Crippen molar-refractivity contribution in [1.29, 1.82) is 0 Å². The van der Waals surface area contributed by atoms with E-state index in [2.05, 4.69) is 10.2 Å². The first kappa shape index (κ1) is 20.8. The van der Waals surface area contributed by atoms with Crippen molar-refractivity contribution in [3.05, 3.63) is 69.9 Å². The molecule has 1 atom stereocenters. The number of carbonyl (C=O) groups excluding carboxylic acids is 1. The molecule has 2 fully saturated rings. The van der Waals surface area contributed by atoms with Gasteiger partial charge in [-0.2, -0.15) is 0 Å². The van der Waals surface area contributed by atoms with E-state index in [-0.39, 0.29) is 23.3 Å². The number of carbonyl (C=O) groups is 1. The third-order valence-corrected chi connectivity index (χ3v) is 6.17. The number of halogens is 1. The maximum Gasteiger partial charge on any atom is 0.255 e. The molecule has 1 aromatic carbocycles. The standard InChI is InChI=1S/C24H30FN3O2/c25-21-7-3-5-19(13-21)15-26-23(29)14-22-8-1-2-11-27(22)17-20-6-4-12-28(24(20)30)16-18-9-10-18/h3-7,12-13,18,22H,1-2,8-11,14-17H2,(H,26,29). The average molecular weight is 412 g/mol. The lowest BCUT2D eigenvalue weighted by atomic mass is 9.98. The fraction of sp³-hybridized carbons (Fsp3) is 0.500. The summed E-state index contributed by atoms with van der Waals surface area (Å²) in [4.78, 5) is 27.6. The number of benzene rings is 1. The summed E-state index contributed by atoms with van der Waals surface area (Å²) in [7, 11) is 0. The van der Waals surface area contributed by atoms with Gasteiger partial charge in [0.25, 0.3) is 5.56 Å². The van der Waals surface area contributed by atoms with E-state index in [0.29, 0.717) is 25.4 Å². The van der Waals surface area contributed by atoms with Crippen LogP contribution in [0.3, 0.4) is 0 Å². The molecule has 1 aliphatic carbocycles. The fourth-order valence-corrected chi connectivity index (χ4v) is 4.28. The number of nitrogens with one attached hydrogen (secondary N) is 1. The molecule has 5 nitrogen and oxygen atoms in total. The zero-order valence-corrected chi connectivity index (χ0v) is 17.4. The van der Waals surface area contributed by atoms with Crippen LogP contribution in [0.15, 0.2) is 47.4 Å². The van der Waals surface area contributed by atoms with Gasteiger partial charge in [0.2, 0.25) is 5.91 Å². The highest BCUT2D eigenvalue weighted by atomic mass is 19.1. The lowest BCUT2D eigenvalue weighted by Gasteiger charge is -2.35. The molecule has 0 bridgehead atoms. The molecule has 1 aliphatic heterocycles. The van der Waals surface area contributed by atoms with Crippen molar-refractivity contribution in [1.82, 2.24) is 14.8 Å². The molecule has 0 spiro atoms. The smallest absolute Gasteiger partial charge is 0.255 e. The topological polar surface area (TPSA) is 54.3 Å². The van der Waals surface area contributed by atoms with E-state index in [1.807, 2.05) is 22.9 Å². The van der Waals surface area contributed by atoms with Crippen molar-refractivity contribution in [2.75, 3.05) is 6.54 Å². The Kier molecular flexibility index (Phi) is 6.62. The molecule has 6 heteroatoms. The molecule has 1 unspecified atom stereocenters. The molecule has 2 aromatic rings. The first-order valence-corrected chi connectivity index (χ1v) is 11.0. The van der Waals surface area contributed by atoms with E-state index < -0.39 is 0 Å². The van der Waals surface area contributed by atoms with Gasteiger partial charge in [-0.25, -0.2) is 4.39 Å². The predicted molar refractivity (Wildman–Crippen MR) is 114 cm³/mol. The Morgan fingerprint density at radius 2 is 2.00 bits per heavy atom. The highest BCUT2D eigenvalue weighted by Crippen LogP contribution is 2.30. The Morgan fingerprint density at radius 1 is 1.13 bits per heavy atom. The Morgan fingerprint density at radius 3 is 2.80 bits per heavy atom. The van der Waals surface area contributed by atoms with Gasteiger partial charge in [-0.05, 0) is 61.9 Å². The monoisotopic (exact) mass is 411 g/mol. The Balaban J connectivity index is 1.36. The second kappa shape index (κ2) is 9.56. The van der Waals surface area contributed by atoms with Crippen LogP contribution in [-0.4, -0.2) is 28.0 Å². The molecule has 1 saturated heterocycles. The van der Waals surface area contributed by atoms with Crippen LogP contribution in [0.25, 0.3) is 0 Å². The van der Waals surface area contributed by atoms with E-state index in [1.54, 1.807) is 12.1 Å². The number of aromatic nitrogens is 1. The van der Waals surface area contributed by atoms with Crippen molar-refractivity contribution in [3.63, 3.8) is 0 Å². The number of hydrogen-bond donors (Lipinski definition) is 1. The van der Waals surface area contributed by atoms with Crippen molar-refractivity contribution in [3.8, 4) is 0 Å². The number of piperidine rings is 1. The lowest BCUT2D eigenvalue weighted by Crippen LogP contribution is -2.43. The number of rotatable bonds is 8. The van der Waals surface area contributed by atoms with Crippen molar-refractivity contribution in [2.45, 2.75) is 64.2 Å². The maximum atomic E-state index is 13.3. The Bertz CT molecular complexity index is 938. The number of hydrogen-bond acceptors (Lipinski definition) is 3. The third-order valence-electron chi connectivity index (χ3n) is 6.17. The van der Waals surface area contributed by atoms with Gasteiger partial charge in [0.15, 0.2) is 0 Å². The van der Waals surface area contributed by atoms with Crippen LogP contribution >= 0.6 is 0 Å². The Labute approximate surface area is 176 Å². The number of pyridine rings is 1. The highest BCUT2D eigenvalue weighted by Gasteiger charge is 2.26. The van der Waals surface area contributed by atoms with Gasteiger partial charge < -0.3 is 9.88 Å². The predicted octanol–water partition coefficient (Wildman–Crippen LogP) is 3.46. The minimum absolute atomic E-state index is 0.0321. The summed E-state index contributed by atoms with van der Waals surface area (Å²) in [5.41, 5.74) is 1.67. The number of likely N-dealkylation sites (tertiary alicyclic amines) is 1. The molecular weight excluding hydrogens is 381 g/mol. The van der Waals surface area contributed by atoms with Gasteiger partial charge in [0.1, 0.15) is 5.82 Å². The van der Waals surface area contributed by atoms with Crippen LogP contribution in [-0.2, 0) is 24.4 Å². The van der Waals surface area contributed by atoms with E-state index in [0.717, 1.165) is 43.5 Å². The maximum absolute atomic E-state index is 13.3. The molecule has 160 valence electrons. The number of nitrogens with zero attached hydrogens (tertiary/aromatic N) is 2. The van der Waals surface area contributed by atoms with E-state index >= 15 is 0 Å². The van der Waals surface area contributed by atoms with Crippen LogP contribution in [0.4, 0.5) is 4.39 Å². The van der Waals surface area contributed by atoms with E-state index in [4.69, 9.17) is 0 Å². The summed E-state index contributed by atoms with van der Waals surface area (Å²) in [5.74, 6) is 0.327.